The van der Waals surface area contributed by atoms with Gasteiger partial charge in [-0.15, -0.1) is 0 Å². The molecule has 1 aromatic carbocycles. The minimum atomic E-state index is -0.538. The lowest BCUT2D eigenvalue weighted by molar-refractivity contribution is -0.738. The second kappa shape index (κ2) is 5.18. The molecule has 0 saturated heterocycles. The first kappa shape index (κ1) is 13.9. The molecule has 114 valence electrons. The van der Waals surface area contributed by atoms with Crippen LogP contribution >= 0.6 is 0 Å². The van der Waals surface area contributed by atoms with Crippen molar-refractivity contribution in [1.82, 2.24) is 0 Å². The molecule has 0 unspecified atom stereocenters. The van der Waals surface area contributed by atoms with Crippen molar-refractivity contribution in [2.45, 2.75) is 38.0 Å². The zero-order valence-corrected chi connectivity index (χ0v) is 13.2. The smallest absolute Gasteiger partial charge is 0.194 e. The number of ether oxygens (including phenoxy) is 2. The molecule has 3 heterocycles. The summed E-state index contributed by atoms with van der Waals surface area (Å²) in [5.74, 6) is -0.404. The Hall–Kier alpha value is -1.71. The van der Waals surface area contributed by atoms with Gasteiger partial charge in [-0.2, -0.15) is 4.57 Å². The maximum absolute atomic E-state index is 6.22. The molecular weight excluding hydrogens is 274 g/mol. The maximum Gasteiger partial charge on any atom is 0.194 e. The molecule has 22 heavy (non-hydrogen) atoms. The van der Waals surface area contributed by atoms with Crippen molar-refractivity contribution < 1.29 is 14.0 Å². The molecule has 3 nitrogen and oxygen atoms in total. The van der Waals surface area contributed by atoms with Gasteiger partial charge in [-0.25, -0.2) is 0 Å². The largest absolute Gasteiger partial charge is 0.349 e. The molecule has 2 aliphatic heterocycles. The van der Waals surface area contributed by atoms with Crippen LogP contribution in [0.3, 0.4) is 0 Å². The summed E-state index contributed by atoms with van der Waals surface area (Å²) in [6.07, 6.45) is 3.06. The van der Waals surface area contributed by atoms with Crippen LogP contribution in [0.1, 0.15) is 49.0 Å². The molecule has 3 aliphatic rings. The molecule has 2 bridgehead atoms. The van der Waals surface area contributed by atoms with E-state index in [9.17, 15) is 0 Å². The summed E-state index contributed by atoms with van der Waals surface area (Å²) in [4.78, 5) is 0. The third-order valence-corrected chi connectivity index (χ3v) is 4.92. The average Bonchev–Trinajstić information content (AvgIpc) is 2.55. The number of hydrogen-bond acceptors (Lipinski definition) is 2. The van der Waals surface area contributed by atoms with Gasteiger partial charge in [-0.05, 0) is 19.4 Å². The molecule has 0 spiro atoms. The number of benzene rings is 1. The Balaban J connectivity index is 1.95. The Morgan fingerprint density at radius 2 is 1.68 bits per heavy atom. The minimum absolute atomic E-state index is 0.134. The predicted octanol–water partition coefficient (Wildman–Crippen LogP) is 3.18. The topological polar surface area (TPSA) is 22.3 Å². The van der Waals surface area contributed by atoms with Crippen LogP contribution in [-0.4, -0.2) is 19.0 Å². The van der Waals surface area contributed by atoms with E-state index in [1.54, 1.807) is 0 Å². The van der Waals surface area contributed by atoms with Crippen LogP contribution < -0.4 is 4.57 Å². The van der Waals surface area contributed by atoms with Gasteiger partial charge in [-0.3, -0.25) is 0 Å². The lowest BCUT2D eigenvalue weighted by atomic mass is 9.70. The maximum atomic E-state index is 6.22. The SMILES string of the molecule is CCOC1(OCC)C[C@@H]2c3ccccc3[C@H]1c1cccc[n+]12. The number of aromatic nitrogens is 1. The first-order chi connectivity index (χ1) is 10.8. The number of pyridine rings is 1. The van der Waals surface area contributed by atoms with Gasteiger partial charge in [0.2, 0.25) is 0 Å². The summed E-state index contributed by atoms with van der Waals surface area (Å²) in [6, 6.07) is 15.4. The standard InChI is InChI=1S/C19H22NO2/c1-3-21-19(22-4-2)13-17-14-9-5-6-10-15(14)18(19)16-11-7-8-12-20(16)17/h5-12,17-18H,3-4,13H2,1-2H3/q+1/t17-,18+/m1/s1. The van der Waals surface area contributed by atoms with Crippen LogP contribution in [0.15, 0.2) is 48.7 Å². The highest BCUT2D eigenvalue weighted by Crippen LogP contribution is 2.52. The summed E-state index contributed by atoms with van der Waals surface area (Å²) in [7, 11) is 0. The molecule has 0 saturated carbocycles. The summed E-state index contributed by atoms with van der Waals surface area (Å²) in [5, 5.41) is 0. The van der Waals surface area contributed by atoms with Gasteiger partial charge < -0.3 is 9.47 Å². The molecule has 3 heteroatoms. The molecule has 5 rings (SSSR count). The first-order valence-electron chi connectivity index (χ1n) is 8.17. The fraction of sp³-hybridized carbons (Fsp3) is 0.421. The average molecular weight is 296 g/mol. The highest BCUT2D eigenvalue weighted by molar-refractivity contribution is 5.43. The Labute approximate surface area is 131 Å². The number of nitrogens with zero attached hydrogens (tertiary/aromatic N) is 1. The van der Waals surface area contributed by atoms with Crippen LogP contribution in [0.2, 0.25) is 0 Å². The normalized spacial score (nSPS) is 23.9. The lowest BCUT2D eigenvalue weighted by Crippen LogP contribution is -2.62. The van der Waals surface area contributed by atoms with Gasteiger partial charge in [0.25, 0.3) is 0 Å². The van der Waals surface area contributed by atoms with E-state index in [1.807, 2.05) is 13.8 Å². The van der Waals surface area contributed by atoms with Gasteiger partial charge >= 0.3 is 0 Å². The van der Waals surface area contributed by atoms with E-state index in [4.69, 9.17) is 9.47 Å². The van der Waals surface area contributed by atoms with Gasteiger partial charge in [0, 0.05) is 30.9 Å². The third kappa shape index (κ3) is 1.79. The van der Waals surface area contributed by atoms with Crippen LogP contribution in [0.5, 0.6) is 0 Å². The second-order valence-corrected chi connectivity index (χ2v) is 5.99. The molecule has 1 aliphatic carbocycles. The van der Waals surface area contributed by atoms with Gasteiger partial charge in [0.05, 0.1) is 6.42 Å². The van der Waals surface area contributed by atoms with Crippen molar-refractivity contribution in [2.24, 2.45) is 0 Å². The monoisotopic (exact) mass is 296 g/mol. The zero-order chi connectivity index (χ0) is 15.2. The van der Waals surface area contributed by atoms with Gasteiger partial charge in [0.1, 0.15) is 5.92 Å². The van der Waals surface area contributed by atoms with Crippen LogP contribution in [-0.2, 0) is 9.47 Å². The van der Waals surface area contributed by atoms with E-state index >= 15 is 0 Å². The molecule has 0 radical (unpaired) electrons. The third-order valence-electron chi connectivity index (χ3n) is 4.92. The Bertz CT molecular complexity index is 644. The van der Waals surface area contributed by atoms with Crippen molar-refractivity contribution in [3.8, 4) is 0 Å². The number of fused-ring (bicyclic) bond motifs is 1. The highest BCUT2D eigenvalue weighted by atomic mass is 16.7. The zero-order valence-electron chi connectivity index (χ0n) is 13.2. The molecule has 0 amide bonds. The summed E-state index contributed by atoms with van der Waals surface area (Å²) in [6.45, 7) is 5.43. The van der Waals surface area contributed by atoms with Crippen molar-refractivity contribution in [3.05, 3.63) is 65.5 Å². The van der Waals surface area contributed by atoms with Gasteiger partial charge in [0.15, 0.2) is 23.7 Å². The van der Waals surface area contributed by atoms with Crippen molar-refractivity contribution in [2.75, 3.05) is 13.2 Å². The second-order valence-electron chi connectivity index (χ2n) is 5.99. The van der Waals surface area contributed by atoms with E-state index < -0.39 is 5.79 Å². The van der Waals surface area contributed by atoms with E-state index in [0.717, 1.165) is 6.42 Å². The van der Waals surface area contributed by atoms with Crippen LogP contribution in [0, 0.1) is 0 Å². The predicted molar refractivity (Wildman–Crippen MR) is 83.7 cm³/mol. The fourth-order valence-corrected chi connectivity index (χ4v) is 4.26. The molecule has 1 aromatic heterocycles. The number of rotatable bonds is 4. The minimum Gasteiger partial charge on any atom is -0.349 e. The molecule has 0 fully saturated rings. The van der Waals surface area contributed by atoms with Crippen molar-refractivity contribution in [1.29, 1.82) is 0 Å². The quantitative estimate of drug-likeness (QED) is 0.638. The van der Waals surface area contributed by atoms with Crippen LogP contribution in [0.4, 0.5) is 0 Å². The van der Waals surface area contributed by atoms with E-state index in [0.29, 0.717) is 13.2 Å². The molecule has 0 N–H and O–H groups in total. The van der Waals surface area contributed by atoms with E-state index in [-0.39, 0.29) is 12.0 Å². The van der Waals surface area contributed by atoms with Crippen LogP contribution in [0.25, 0.3) is 0 Å². The fourth-order valence-electron chi connectivity index (χ4n) is 4.26. The molecule has 2 aromatic rings. The van der Waals surface area contributed by atoms with E-state index in [1.165, 1.54) is 16.8 Å². The molecular formula is C19H22NO2+. The summed E-state index contributed by atoms with van der Waals surface area (Å²) >= 11 is 0. The first-order valence-corrected chi connectivity index (χ1v) is 8.17. The molecule has 2 atom stereocenters. The Morgan fingerprint density at radius 3 is 2.41 bits per heavy atom. The van der Waals surface area contributed by atoms with Crippen molar-refractivity contribution >= 4 is 0 Å². The van der Waals surface area contributed by atoms with Gasteiger partial charge in [-0.1, -0.05) is 30.3 Å². The van der Waals surface area contributed by atoms with E-state index in [2.05, 4.69) is 53.2 Å². The lowest BCUT2D eigenvalue weighted by Gasteiger charge is -2.47. The highest BCUT2D eigenvalue weighted by Gasteiger charge is 2.59. The summed E-state index contributed by atoms with van der Waals surface area (Å²) in [5.41, 5.74) is 4.05. The Morgan fingerprint density at radius 1 is 1.00 bits per heavy atom. The number of hydrogen-bond donors (Lipinski definition) is 0. The Kier molecular flexibility index (Phi) is 3.28. The summed E-state index contributed by atoms with van der Waals surface area (Å²) < 4.78 is 14.8. The van der Waals surface area contributed by atoms with Crippen molar-refractivity contribution in [3.63, 3.8) is 0 Å².